The van der Waals surface area contributed by atoms with Gasteiger partial charge in [0.25, 0.3) is 0 Å². The molecule has 0 saturated heterocycles. The summed E-state index contributed by atoms with van der Waals surface area (Å²) in [5.74, 6) is 0. The van der Waals surface area contributed by atoms with Crippen LogP contribution in [0.3, 0.4) is 0 Å². The van der Waals surface area contributed by atoms with Crippen molar-refractivity contribution < 1.29 is 4.11 Å². The van der Waals surface area contributed by atoms with Crippen molar-refractivity contribution >= 4 is 11.4 Å². The summed E-state index contributed by atoms with van der Waals surface area (Å²) in [5, 5.41) is 0. The fraction of sp³-hybridized carbons (Fsp3) is 0.273. The van der Waals surface area contributed by atoms with Crippen molar-refractivity contribution in [3.8, 4) is 22.3 Å². The third kappa shape index (κ3) is 3.55. The van der Waals surface area contributed by atoms with Gasteiger partial charge in [0.05, 0.1) is 0 Å². The molecule has 1 nitrogen and oxygen atoms in total. The lowest BCUT2D eigenvalue weighted by Gasteiger charge is -2.39. The SMILES string of the molecule is [2H]C([2H])([2H])c1cc2c(cc1-c1ccc(N(c3ccccc3C)C(C)(C)C)cc1)C(C)(C)c1ccccc1-2. The quantitative estimate of drug-likeness (QED) is 0.302. The predicted molar refractivity (Wildman–Crippen MR) is 147 cm³/mol. The van der Waals surface area contributed by atoms with Crippen molar-refractivity contribution in [1.82, 2.24) is 0 Å². The zero-order chi connectivity index (χ0) is 26.8. The lowest BCUT2D eigenvalue weighted by molar-refractivity contribution is 0.559. The number of nitrogens with zero attached hydrogens (tertiary/aromatic N) is 1. The highest BCUT2D eigenvalue weighted by Gasteiger charge is 2.35. The van der Waals surface area contributed by atoms with E-state index < -0.39 is 6.85 Å². The van der Waals surface area contributed by atoms with E-state index in [0.29, 0.717) is 5.56 Å². The summed E-state index contributed by atoms with van der Waals surface area (Å²) in [6.45, 7) is 11.0. The molecule has 0 unspecified atom stereocenters. The first-order valence-electron chi connectivity index (χ1n) is 13.6. The van der Waals surface area contributed by atoms with Gasteiger partial charge in [-0.25, -0.2) is 0 Å². The minimum absolute atomic E-state index is 0.138. The molecular weight excluding hydrogens is 410 g/mol. The summed E-state index contributed by atoms with van der Waals surface area (Å²) >= 11 is 0. The maximum absolute atomic E-state index is 8.36. The molecule has 0 fully saturated rings. The Bertz CT molecular complexity index is 1470. The third-order valence-electron chi connectivity index (χ3n) is 7.19. The molecule has 0 aromatic heterocycles. The molecule has 5 rings (SSSR count). The Kier molecular flexibility index (Phi) is 4.41. The van der Waals surface area contributed by atoms with Gasteiger partial charge in [0.15, 0.2) is 0 Å². The topological polar surface area (TPSA) is 3.24 Å². The highest BCUT2D eigenvalue weighted by atomic mass is 15.2. The minimum Gasteiger partial charge on any atom is -0.336 e. The smallest absolute Gasteiger partial charge is 0.0445 e. The molecule has 0 amide bonds. The Morgan fingerprint density at radius 2 is 1.38 bits per heavy atom. The number of aryl methyl sites for hydroxylation is 2. The summed E-state index contributed by atoms with van der Waals surface area (Å²) in [4.78, 5) is 2.35. The fourth-order valence-electron chi connectivity index (χ4n) is 5.48. The van der Waals surface area contributed by atoms with Gasteiger partial charge in [-0.3, -0.25) is 0 Å². The Hall–Kier alpha value is -3.32. The molecule has 0 aliphatic heterocycles. The van der Waals surface area contributed by atoms with Crippen molar-refractivity contribution in [3.05, 3.63) is 107 Å². The Balaban J connectivity index is 1.65. The number of hydrogen-bond acceptors (Lipinski definition) is 1. The van der Waals surface area contributed by atoms with E-state index in [9.17, 15) is 0 Å². The summed E-state index contributed by atoms with van der Waals surface area (Å²) in [5.41, 5.74) is 9.82. The van der Waals surface area contributed by atoms with Crippen LogP contribution in [0.1, 0.15) is 61.0 Å². The van der Waals surface area contributed by atoms with E-state index in [1.165, 1.54) is 22.4 Å². The van der Waals surface area contributed by atoms with Crippen LogP contribution in [0, 0.1) is 13.8 Å². The van der Waals surface area contributed by atoms with E-state index in [-0.39, 0.29) is 11.0 Å². The summed E-state index contributed by atoms with van der Waals surface area (Å²) < 4.78 is 25.1. The second kappa shape index (κ2) is 7.87. The zero-order valence-corrected chi connectivity index (χ0v) is 21.0. The van der Waals surface area contributed by atoms with Gasteiger partial charge in [-0.05, 0) is 103 Å². The number of hydrogen-bond donors (Lipinski definition) is 0. The van der Waals surface area contributed by atoms with Gasteiger partial charge < -0.3 is 4.90 Å². The highest BCUT2D eigenvalue weighted by Crippen LogP contribution is 2.50. The van der Waals surface area contributed by atoms with E-state index in [0.717, 1.165) is 27.9 Å². The van der Waals surface area contributed by atoms with E-state index in [2.05, 4.69) is 119 Å². The predicted octanol–water partition coefficient (Wildman–Crippen LogP) is 9.21. The third-order valence-corrected chi connectivity index (χ3v) is 7.19. The van der Waals surface area contributed by atoms with Crippen LogP contribution in [-0.2, 0) is 5.41 Å². The first-order valence-corrected chi connectivity index (χ1v) is 12.1. The van der Waals surface area contributed by atoms with Crippen LogP contribution in [0.2, 0.25) is 0 Å². The van der Waals surface area contributed by atoms with Crippen molar-refractivity contribution in [2.45, 2.75) is 59.3 Å². The highest BCUT2D eigenvalue weighted by molar-refractivity contribution is 5.85. The number of anilines is 2. The van der Waals surface area contributed by atoms with Gasteiger partial charge in [-0.15, -0.1) is 0 Å². The lowest BCUT2D eigenvalue weighted by Crippen LogP contribution is -2.38. The van der Waals surface area contributed by atoms with E-state index in [4.69, 9.17) is 4.11 Å². The maximum Gasteiger partial charge on any atom is 0.0445 e. The van der Waals surface area contributed by atoms with Gasteiger partial charge in [-0.2, -0.15) is 0 Å². The van der Waals surface area contributed by atoms with Crippen molar-refractivity contribution in [2.24, 2.45) is 0 Å². The lowest BCUT2D eigenvalue weighted by atomic mass is 9.81. The van der Waals surface area contributed by atoms with E-state index >= 15 is 0 Å². The largest absolute Gasteiger partial charge is 0.336 e. The number of para-hydroxylation sites is 1. The standard InChI is InChI=1S/C33H35N/c1-22-12-8-11-15-31(22)34(32(3,4)5)25-18-16-24(17-19-25)27-21-30-28(20-23(27)2)26-13-9-10-14-29(26)33(30,6)7/h8-21H,1-7H3/i2D3. The van der Waals surface area contributed by atoms with Gasteiger partial charge in [-0.1, -0.05) is 74.5 Å². The molecule has 172 valence electrons. The molecule has 0 N–H and O–H groups in total. The first-order chi connectivity index (χ1) is 17.3. The molecule has 0 atom stereocenters. The number of rotatable bonds is 3. The van der Waals surface area contributed by atoms with Gasteiger partial charge in [0.1, 0.15) is 0 Å². The molecule has 1 aliphatic rings. The Morgan fingerprint density at radius 3 is 2.06 bits per heavy atom. The number of benzene rings is 4. The van der Waals surface area contributed by atoms with Crippen LogP contribution in [-0.4, -0.2) is 5.54 Å². The Labute approximate surface area is 209 Å². The molecule has 0 heterocycles. The molecule has 34 heavy (non-hydrogen) atoms. The normalized spacial score (nSPS) is 15.6. The average molecular weight is 449 g/mol. The molecule has 4 aromatic rings. The summed E-state index contributed by atoms with van der Waals surface area (Å²) in [6, 6.07) is 29.2. The van der Waals surface area contributed by atoms with Gasteiger partial charge in [0.2, 0.25) is 0 Å². The number of fused-ring (bicyclic) bond motifs is 3. The molecule has 0 saturated carbocycles. The zero-order valence-electron chi connectivity index (χ0n) is 24.0. The van der Waals surface area contributed by atoms with Crippen LogP contribution in [0.25, 0.3) is 22.3 Å². The molecule has 0 spiro atoms. The Morgan fingerprint density at radius 1 is 0.706 bits per heavy atom. The van der Waals surface area contributed by atoms with Crippen LogP contribution in [0.4, 0.5) is 11.4 Å². The average Bonchev–Trinajstić information content (AvgIpc) is 3.05. The van der Waals surface area contributed by atoms with Crippen molar-refractivity contribution in [2.75, 3.05) is 4.90 Å². The second-order valence-electron chi connectivity index (χ2n) is 11.0. The van der Waals surface area contributed by atoms with Crippen LogP contribution >= 0.6 is 0 Å². The molecule has 4 aromatic carbocycles. The summed E-state index contributed by atoms with van der Waals surface area (Å²) in [7, 11) is 0. The molecular formula is C33H35N. The van der Waals surface area contributed by atoms with Crippen LogP contribution < -0.4 is 4.90 Å². The van der Waals surface area contributed by atoms with Gasteiger partial charge >= 0.3 is 0 Å². The first kappa shape index (κ1) is 19.0. The minimum atomic E-state index is -2.22. The molecule has 0 bridgehead atoms. The molecule has 0 radical (unpaired) electrons. The van der Waals surface area contributed by atoms with Crippen molar-refractivity contribution in [1.29, 1.82) is 0 Å². The monoisotopic (exact) mass is 448 g/mol. The van der Waals surface area contributed by atoms with Crippen LogP contribution in [0.15, 0.2) is 84.9 Å². The maximum atomic E-state index is 8.36. The molecule has 1 heteroatoms. The van der Waals surface area contributed by atoms with E-state index in [1.54, 1.807) is 0 Å². The fourth-order valence-corrected chi connectivity index (χ4v) is 5.48. The van der Waals surface area contributed by atoms with Crippen molar-refractivity contribution in [3.63, 3.8) is 0 Å². The molecule has 1 aliphatic carbocycles. The summed E-state index contributed by atoms with van der Waals surface area (Å²) in [6.07, 6.45) is 0. The van der Waals surface area contributed by atoms with E-state index in [1.807, 2.05) is 12.1 Å². The second-order valence-corrected chi connectivity index (χ2v) is 11.0. The van der Waals surface area contributed by atoms with Crippen LogP contribution in [0.5, 0.6) is 0 Å². The van der Waals surface area contributed by atoms with Gasteiger partial charge in [0, 0.05) is 26.4 Å².